The third kappa shape index (κ3) is 6.59. The van der Waals surface area contributed by atoms with E-state index in [1.54, 1.807) is 30.3 Å². The molecule has 2 aromatic carbocycles. The van der Waals surface area contributed by atoms with Gasteiger partial charge < -0.3 is 24.4 Å². The van der Waals surface area contributed by atoms with Crippen LogP contribution in [0.4, 0.5) is 15.8 Å². The molecule has 216 valence electrons. The van der Waals surface area contributed by atoms with E-state index in [0.29, 0.717) is 51.5 Å². The van der Waals surface area contributed by atoms with Crippen LogP contribution in [0.3, 0.4) is 0 Å². The standard InChI is InChI=1S/C30H27Cl2FN6O3/c1-40-27-9-21-24(12-28(27)41-15-18-5-7-39(17-35)8-6-18)36-14-19(13-34)30(21)38-25-11-23(33)26(10-22(25)31)42-16-20-3-2-4-29(32)37-20/h2-4,9-12,14,17-18,35H,5-8,15-16H2,1H3,(H,36,38). The summed E-state index contributed by atoms with van der Waals surface area (Å²) >= 11 is 12.4. The largest absolute Gasteiger partial charge is 0.493 e. The first-order chi connectivity index (χ1) is 20.4. The van der Waals surface area contributed by atoms with E-state index in [1.807, 2.05) is 4.90 Å². The zero-order chi connectivity index (χ0) is 29.6. The summed E-state index contributed by atoms with van der Waals surface area (Å²) in [4.78, 5) is 10.6. The van der Waals surface area contributed by atoms with Crippen molar-refractivity contribution in [3.05, 3.63) is 75.9 Å². The molecule has 0 aliphatic carbocycles. The number of fused-ring (bicyclic) bond motifs is 1. The van der Waals surface area contributed by atoms with Gasteiger partial charge in [0.15, 0.2) is 23.1 Å². The van der Waals surface area contributed by atoms with Gasteiger partial charge in [-0.15, -0.1) is 0 Å². The van der Waals surface area contributed by atoms with Crippen molar-refractivity contribution >= 4 is 51.8 Å². The Morgan fingerprint density at radius 1 is 1.14 bits per heavy atom. The summed E-state index contributed by atoms with van der Waals surface area (Å²) in [6.07, 6.45) is 4.68. The second-order valence-corrected chi connectivity index (χ2v) is 10.5. The van der Waals surface area contributed by atoms with Gasteiger partial charge in [-0.2, -0.15) is 5.26 Å². The van der Waals surface area contributed by atoms with Gasteiger partial charge in [-0.25, -0.2) is 9.37 Å². The van der Waals surface area contributed by atoms with Gasteiger partial charge in [-0.05, 0) is 37.0 Å². The number of hydrogen-bond donors (Lipinski definition) is 2. The average Bonchev–Trinajstić information content (AvgIpc) is 3.00. The second-order valence-electron chi connectivity index (χ2n) is 9.73. The third-order valence-corrected chi connectivity index (χ3v) is 7.53. The van der Waals surface area contributed by atoms with Crippen molar-refractivity contribution in [1.29, 1.82) is 10.7 Å². The lowest BCUT2D eigenvalue weighted by molar-refractivity contribution is 0.179. The Morgan fingerprint density at radius 3 is 2.67 bits per heavy atom. The first kappa shape index (κ1) is 29.2. The normalized spacial score (nSPS) is 13.5. The minimum absolute atomic E-state index is 0.00132. The maximum atomic E-state index is 15.1. The molecule has 0 saturated carbocycles. The van der Waals surface area contributed by atoms with Crippen LogP contribution in [-0.4, -0.2) is 48.0 Å². The highest BCUT2D eigenvalue weighted by Crippen LogP contribution is 2.39. The monoisotopic (exact) mass is 608 g/mol. The van der Waals surface area contributed by atoms with Crippen molar-refractivity contribution in [2.24, 2.45) is 5.92 Å². The molecule has 5 rings (SSSR count). The van der Waals surface area contributed by atoms with Gasteiger partial charge in [-0.1, -0.05) is 29.3 Å². The topological polar surface area (TPSA) is 116 Å². The molecular weight excluding hydrogens is 582 g/mol. The van der Waals surface area contributed by atoms with Crippen LogP contribution in [0.15, 0.2) is 48.7 Å². The molecule has 1 saturated heterocycles. The summed E-state index contributed by atoms with van der Waals surface area (Å²) in [5.41, 5.74) is 1.95. The number of rotatable bonds is 10. The van der Waals surface area contributed by atoms with Crippen molar-refractivity contribution < 1.29 is 18.6 Å². The van der Waals surface area contributed by atoms with Crippen molar-refractivity contribution in [3.8, 4) is 23.3 Å². The number of nitrogens with one attached hydrogen (secondary N) is 2. The second kappa shape index (κ2) is 13.1. The number of ether oxygens (including phenoxy) is 3. The van der Waals surface area contributed by atoms with Crippen molar-refractivity contribution in [2.75, 3.05) is 32.1 Å². The molecule has 0 radical (unpaired) electrons. The van der Waals surface area contributed by atoms with E-state index in [9.17, 15) is 5.26 Å². The van der Waals surface area contributed by atoms with Gasteiger partial charge in [0.1, 0.15) is 17.8 Å². The molecule has 0 amide bonds. The number of hydrogen-bond acceptors (Lipinski definition) is 8. The van der Waals surface area contributed by atoms with E-state index in [2.05, 4.69) is 21.4 Å². The molecule has 1 fully saturated rings. The fourth-order valence-corrected chi connectivity index (χ4v) is 5.08. The lowest BCUT2D eigenvalue weighted by Gasteiger charge is -2.30. The first-order valence-corrected chi connectivity index (χ1v) is 13.9. The highest BCUT2D eigenvalue weighted by atomic mass is 35.5. The van der Waals surface area contributed by atoms with Crippen LogP contribution in [0, 0.1) is 28.5 Å². The number of piperidine rings is 1. The maximum absolute atomic E-state index is 15.1. The summed E-state index contributed by atoms with van der Waals surface area (Å²) in [7, 11) is 1.54. The van der Waals surface area contributed by atoms with Crippen LogP contribution in [0.2, 0.25) is 10.2 Å². The molecule has 0 unspecified atom stereocenters. The van der Waals surface area contributed by atoms with Crippen LogP contribution in [0.25, 0.3) is 10.9 Å². The summed E-state index contributed by atoms with van der Waals surface area (Å²) < 4.78 is 32.4. The van der Waals surface area contributed by atoms with Crippen LogP contribution in [-0.2, 0) is 6.61 Å². The minimum Gasteiger partial charge on any atom is -0.493 e. The molecule has 0 atom stereocenters. The Labute approximate surface area is 252 Å². The maximum Gasteiger partial charge on any atom is 0.167 e. The molecule has 0 spiro atoms. The van der Waals surface area contributed by atoms with E-state index in [4.69, 9.17) is 42.8 Å². The molecule has 1 aliphatic heterocycles. The number of pyridine rings is 2. The van der Waals surface area contributed by atoms with Crippen LogP contribution < -0.4 is 19.5 Å². The molecule has 12 heteroatoms. The van der Waals surface area contributed by atoms with Gasteiger partial charge in [0.05, 0.1) is 53.2 Å². The summed E-state index contributed by atoms with van der Waals surface area (Å²) in [6, 6.07) is 13.3. The Hall–Kier alpha value is -4.33. The summed E-state index contributed by atoms with van der Waals surface area (Å²) in [6.45, 7) is 2.16. The first-order valence-electron chi connectivity index (χ1n) is 13.2. The molecule has 3 heterocycles. The molecule has 42 heavy (non-hydrogen) atoms. The van der Waals surface area contributed by atoms with E-state index in [-0.39, 0.29) is 28.6 Å². The Morgan fingerprint density at radius 2 is 1.95 bits per heavy atom. The fraction of sp³-hybridized carbons (Fsp3) is 0.267. The van der Waals surface area contributed by atoms with Crippen molar-refractivity contribution in [2.45, 2.75) is 19.4 Å². The molecule has 1 aliphatic rings. The number of nitriles is 1. The smallest absolute Gasteiger partial charge is 0.167 e. The van der Waals surface area contributed by atoms with E-state index < -0.39 is 5.82 Å². The summed E-state index contributed by atoms with van der Waals surface area (Å²) in [5, 5.41) is 21.4. The molecule has 2 aromatic heterocycles. The zero-order valence-electron chi connectivity index (χ0n) is 22.7. The predicted octanol–water partition coefficient (Wildman–Crippen LogP) is 6.98. The number of benzene rings is 2. The summed E-state index contributed by atoms with van der Waals surface area (Å²) in [5.74, 6) is 0.649. The van der Waals surface area contributed by atoms with E-state index in [0.717, 1.165) is 25.9 Å². The van der Waals surface area contributed by atoms with Crippen molar-refractivity contribution in [3.63, 3.8) is 0 Å². The minimum atomic E-state index is -0.652. The van der Waals surface area contributed by atoms with Gasteiger partial charge in [-0.3, -0.25) is 10.4 Å². The van der Waals surface area contributed by atoms with Crippen LogP contribution in [0.1, 0.15) is 24.1 Å². The third-order valence-electron chi connectivity index (χ3n) is 7.01. The number of aromatic nitrogens is 2. The Kier molecular flexibility index (Phi) is 9.10. The highest BCUT2D eigenvalue weighted by molar-refractivity contribution is 6.33. The predicted molar refractivity (Wildman–Crippen MR) is 160 cm³/mol. The van der Waals surface area contributed by atoms with E-state index >= 15 is 4.39 Å². The molecular formula is C30H27Cl2FN6O3. The lowest BCUT2D eigenvalue weighted by Crippen LogP contribution is -2.34. The number of anilines is 2. The Balaban J connectivity index is 1.38. The fourth-order valence-electron chi connectivity index (χ4n) is 4.70. The van der Waals surface area contributed by atoms with Gasteiger partial charge in [0.25, 0.3) is 0 Å². The van der Waals surface area contributed by atoms with Crippen molar-refractivity contribution in [1.82, 2.24) is 14.9 Å². The number of methoxy groups -OCH3 is 1. The SMILES string of the molecule is COc1cc2c(Nc3cc(F)c(OCc4cccc(Cl)n4)cc3Cl)c(C#N)cnc2cc1OCC1CCN(C=N)CC1. The quantitative estimate of drug-likeness (QED) is 0.112. The van der Waals surface area contributed by atoms with Gasteiger partial charge in [0.2, 0.25) is 0 Å². The number of likely N-dealkylation sites (tertiary alicyclic amines) is 1. The molecule has 4 aromatic rings. The number of halogens is 3. The lowest BCUT2D eigenvalue weighted by atomic mass is 9.98. The van der Waals surface area contributed by atoms with Crippen LogP contribution in [0.5, 0.6) is 17.2 Å². The zero-order valence-corrected chi connectivity index (χ0v) is 24.2. The molecule has 2 N–H and O–H groups in total. The van der Waals surface area contributed by atoms with Gasteiger partial charge >= 0.3 is 0 Å². The van der Waals surface area contributed by atoms with Crippen LogP contribution >= 0.6 is 23.2 Å². The average molecular weight is 609 g/mol. The highest BCUT2D eigenvalue weighted by Gasteiger charge is 2.21. The Bertz CT molecular complexity index is 1660. The molecule has 9 nitrogen and oxygen atoms in total. The van der Waals surface area contributed by atoms with Gasteiger partial charge in [0, 0.05) is 42.9 Å². The molecule has 0 bridgehead atoms. The number of nitrogens with zero attached hydrogens (tertiary/aromatic N) is 4. The van der Waals surface area contributed by atoms with E-state index in [1.165, 1.54) is 31.8 Å².